The molecule has 39 heavy (non-hydrogen) atoms. The van der Waals surface area contributed by atoms with Gasteiger partial charge in [0.15, 0.2) is 0 Å². The van der Waals surface area contributed by atoms with E-state index in [0.717, 1.165) is 56.8 Å². The largest absolute Gasteiger partial charge is 0.457 e. The molecule has 3 aliphatic heterocycles. The van der Waals surface area contributed by atoms with Crippen LogP contribution in [0.2, 0.25) is 0 Å². The van der Waals surface area contributed by atoms with Gasteiger partial charge in [0.05, 0.1) is 16.5 Å². The summed E-state index contributed by atoms with van der Waals surface area (Å²) >= 11 is 0. The minimum atomic E-state index is -1.51. The molecular weight excluding hydrogens is 505 g/mol. The summed E-state index contributed by atoms with van der Waals surface area (Å²) in [5, 5.41) is 0. The van der Waals surface area contributed by atoms with E-state index < -0.39 is 13.9 Å². The average molecular weight is 530 g/mol. The highest BCUT2D eigenvalue weighted by molar-refractivity contribution is 7.45. The van der Waals surface area contributed by atoms with Gasteiger partial charge in [0.2, 0.25) is 0 Å². The molecule has 5 aromatic rings. The smallest absolute Gasteiger partial charge is 0.384 e. The molecule has 1 spiro atoms. The Kier molecular flexibility index (Phi) is 5.00. The van der Waals surface area contributed by atoms with Gasteiger partial charge in [-0.3, -0.25) is 0 Å². The second-order valence-electron chi connectivity index (χ2n) is 9.93. The van der Waals surface area contributed by atoms with Gasteiger partial charge < -0.3 is 18.5 Å². The molecule has 0 saturated carbocycles. The third kappa shape index (κ3) is 3.27. The predicted octanol–water partition coefficient (Wildman–Crippen LogP) is 8.41. The van der Waals surface area contributed by atoms with E-state index in [-0.39, 0.29) is 0 Å². The summed E-state index contributed by atoms with van der Waals surface area (Å²) in [5.41, 5.74) is 4.44. The number of fused-ring (bicyclic) bond motifs is 2. The first-order valence-electron chi connectivity index (χ1n) is 13.0. The van der Waals surface area contributed by atoms with E-state index in [9.17, 15) is 0 Å². The molecule has 6 heteroatoms. The van der Waals surface area contributed by atoms with Crippen molar-refractivity contribution in [3.63, 3.8) is 0 Å². The first-order valence-corrected chi connectivity index (χ1v) is 14.1. The topological polar surface area (TPSA) is 40.2 Å². The molecule has 0 atom stereocenters. The van der Waals surface area contributed by atoms with Gasteiger partial charge in [-0.2, -0.15) is 0 Å². The van der Waals surface area contributed by atoms with Crippen molar-refractivity contribution in [2.45, 2.75) is 12.0 Å². The highest BCUT2D eigenvalue weighted by Gasteiger charge is 2.55. The van der Waals surface area contributed by atoms with Crippen molar-refractivity contribution in [3.8, 4) is 34.5 Å². The molecule has 0 fully saturated rings. The Hall–Kier alpha value is -4.31. The quantitative estimate of drug-likeness (QED) is 0.215. The van der Waals surface area contributed by atoms with Gasteiger partial charge in [0.1, 0.15) is 34.5 Å². The summed E-state index contributed by atoms with van der Waals surface area (Å²) < 4.78 is 28.9. The molecule has 0 unspecified atom stereocenters. The van der Waals surface area contributed by atoms with Gasteiger partial charge in [-0.05, 0) is 49.0 Å². The van der Waals surface area contributed by atoms with E-state index in [1.807, 2.05) is 73.8 Å². The van der Waals surface area contributed by atoms with Gasteiger partial charge in [0.25, 0.3) is 0 Å². The number of rotatable bonds is 3. The van der Waals surface area contributed by atoms with Gasteiger partial charge in [-0.15, -0.1) is 0 Å². The van der Waals surface area contributed by atoms with Crippen LogP contribution in [0.3, 0.4) is 0 Å². The number of para-hydroxylation sites is 2. The van der Waals surface area contributed by atoms with E-state index in [1.165, 1.54) is 5.56 Å². The molecule has 0 amide bonds. The molecule has 3 aliphatic rings. The van der Waals surface area contributed by atoms with Gasteiger partial charge in [-0.1, -0.05) is 78.9 Å². The Bertz CT molecular complexity index is 1630. The predicted molar refractivity (Wildman–Crippen MR) is 151 cm³/mol. The van der Waals surface area contributed by atoms with E-state index in [0.29, 0.717) is 6.54 Å². The maximum atomic E-state index is 6.84. The van der Waals surface area contributed by atoms with Crippen molar-refractivity contribution >= 4 is 8.53 Å². The first kappa shape index (κ1) is 22.7. The van der Waals surface area contributed by atoms with Crippen molar-refractivity contribution < 1.29 is 18.5 Å². The van der Waals surface area contributed by atoms with Crippen molar-refractivity contribution in [3.05, 3.63) is 143 Å². The van der Waals surface area contributed by atoms with E-state index in [1.54, 1.807) is 0 Å². The average Bonchev–Trinajstić information content (AvgIpc) is 2.96. The Morgan fingerprint density at radius 3 is 1.56 bits per heavy atom. The summed E-state index contributed by atoms with van der Waals surface area (Å²) in [6, 6.07) is 38.9. The van der Waals surface area contributed by atoms with E-state index >= 15 is 0 Å². The maximum absolute atomic E-state index is 6.84. The Morgan fingerprint density at radius 2 is 1.00 bits per heavy atom. The molecule has 8 rings (SSSR count). The van der Waals surface area contributed by atoms with Crippen LogP contribution in [-0.4, -0.2) is 11.7 Å². The highest BCUT2D eigenvalue weighted by Crippen LogP contribution is 2.67. The van der Waals surface area contributed by atoms with Gasteiger partial charge in [-0.25, -0.2) is 4.67 Å². The molecule has 0 bridgehead atoms. The zero-order chi connectivity index (χ0) is 26.0. The fourth-order valence-electron chi connectivity index (χ4n) is 6.09. The zero-order valence-corrected chi connectivity index (χ0v) is 22.1. The minimum absolute atomic E-state index is 0.681. The second kappa shape index (κ2) is 8.60. The molecule has 0 radical (unpaired) electrons. The molecule has 0 N–H and O–H groups in total. The monoisotopic (exact) mass is 529 g/mol. The minimum Gasteiger partial charge on any atom is -0.457 e. The third-order valence-electron chi connectivity index (χ3n) is 7.63. The SMILES string of the molecule is CN(Cc1ccccc1)P1Oc2cccc3c2C2(c4ccccc4O3)c3ccccc3Oc3cccc(c32)O1. The van der Waals surface area contributed by atoms with Crippen LogP contribution in [-0.2, 0) is 12.0 Å². The first-order chi connectivity index (χ1) is 19.2. The zero-order valence-electron chi connectivity index (χ0n) is 21.2. The molecule has 0 saturated heterocycles. The molecule has 5 nitrogen and oxygen atoms in total. The van der Waals surface area contributed by atoms with Crippen molar-refractivity contribution in [2.24, 2.45) is 0 Å². The number of nitrogens with zero attached hydrogens (tertiary/aromatic N) is 1. The van der Waals surface area contributed by atoms with Crippen LogP contribution in [0.4, 0.5) is 0 Å². The van der Waals surface area contributed by atoms with Crippen molar-refractivity contribution in [2.75, 3.05) is 7.05 Å². The van der Waals surface area contributed by atoms with E-state index in [2.05, 4.69) is 53.2 Å². The fraction of sp³-hybridized carbons (Fsp3) is 0.0909. The summed E-state index contributed by atoms with van der Waals surface area (Å²) in [7, 11) is 0.524. The fourth-order valence-corrected chi connectivity index (χ4v) is 7.33. The van der Waals surface area contributed by atoms with Crippen molar-refractivity contribution in [1.29, 1.82) is 0 Å². The van der Waals surface area contributed by atoms with Crippen LogP contribution in [0.5, 0.6) is 34.5 Å². The van der Waals surface area contributed by atoms with Gasteiger partial charge >= 0.3 is 8.53 Å². The summed E-state index contributed by atoms with van der Waals surface area (Å²) in [6.45, 7) is 0.681. The van der Waals surface area contributed by atoms with Crippen LogP contribution in [0, 0.1) is 0 Å². The molecule has 190 valence electrons. The maximum Gasteiger partial charge on any atom is 0.384 e. The lowest BCUT2D eigenvalue weighted by atomic mass is 9.62. The lowest BCUT2D eigenvalue weighted by Gasteiger charge is -2.47. The molecule has 0 aromatic heterocycles. The highest BCUT2D eigenvalue weighted by atomic mass is 31.2. The summed E-state index contributed by atoms with van der Waals surface area (Å²) in [4.78, 5) is 0. The van der Waals surface area contributed by atoms with E-state index in [4.69, 9.17) is 18.5 Å². The molecule has 5 aromatic carbocycles. The molecular formula is C33H24NO4P. The Morgan fingerprint density at radius 1 is 0.538 bits per heavy atom. The van der Waals surface area contributed by atoms with Crippen LogP contribution >= 0.6 is 8.53 Å². The molecule has 3 heterocycles. The molecule has 0 aliphatic carbocycles. The van der Waals surface area contributed by atoms with Crippen LogP contribution < -0.4 is 18.5 Å². The standard InChI is InChI=1S/C33H24NO4P/c1-34(21-22-11-3-2-4-12-22)39-37-29-19-9-17-27-31(29)33(23-13-5-7-15-25(23)35-27)24-14-6-8-16-26(24)36-28-18-10-20-30(38-39)32(28)33/h2-20H,21H2,1H3. The van der Waals surface area contributed by atoms with Crippen LogP contribution in [0.25, 0.3) is 0 Å². The third-order valence-corrected chi connectivity index (χ3v) is 9.04. The van der Waals surface area contributed by atoms with Crippen molar-refractivity contribution in [1.82, 2.24) is 4.67 Å². The van der Waals surface area contributed by atoms with Gasteiger partial charge in [0, 0.05) is 17.7 Å². The normalized spacial score (nSPS) is 15.5. The van der Waals surface area contributed by atoms with Crippen LogP contribution in [0.15, 0.2) is 115 Å². The Labute approximate surface area is 228 Å². The summed E-state index contributed by atoms with van der Waals surface area (Å²) in [5.74, 6) is 4.64. The number of hydrogen-bond donors (Lipinski definition) is 0. The number of ether oxygens (including phenoxy) is 2. The Balaban J connectivity index is 1.42. The second-order valence-corrected chi connectivity index (χ2v) is 11.5. The number of benzene rings is 5. The van der Waals surface area contributed by atoms with Crippen LogP contribution in [0.1, 0.15) is 27.8 Å². The lowest BCUT2D eigenvalue weighted by molar-refractivity contribution is 0.347. The number of hydrogen-bond acceptors (Lipinski definition) is 5. The lowest BCUT2D eigenvalue weighted by Crippen LogP contribution is -2.38. The summed E-state index contributed by atoms with van der Waals surface area (Å²) in [6.07, 6.45) is 0.